The van der Waals surface area contributed by atoms with Crippen LogP contribution in [0.25, 0.3) is 0 Å². The van der Waals surface area contributed by atoms with E-state index in [-0.39, 0.29) is 17.9 Å². The molecule has 0 saturated carbocycles. The van der Waals surface area contributed by atoms with Crippen LogP contribution in [0.2, 0.25) is 0 Å². The lowest BCUT2D eigenvalue weighted by molar-refractivity contribution is 0.0693. The zero-order chi connectivity index (χ0) is 15.4. The summed E-state index contributed by atoms with van der Waals surface area (Å²) >= 11 is 3.17. The number of carbonyl (C=O) groups is 1. The Hall–Kier alpha value is -2.08. The highest BCUT2D eigenvalue weighted by Crippen LogP contribution is 2.23. The van der Waals surface area contributed by atoms with Crippen LogP contribution in [0.1, 0.15) is 15.9 Å². The fourth-order valence-electron chi connectivity index (χ4n) is 1.79. The highest BCUT2D eigenvalue weighted by molar-refractivity contribution is 9.10. The lowest BCUT2D eigenvalue weighted by Crippen LogP contribution is -2.03. The van der Waals surface area contributed by atoms with E-state index in [0.29, 0.717) is 15.8 Å². The van der Waals surface area contributed by atoms with Gasteiger partial charge in [0.05, 0.1) is 7.11 Å². The van der Waals surface area contributed by atoms with E-state index in [1.807, 2.05) is 0 Å². The predicted molar refractivity (Wildman–Crippen MR) is 78.4 cm³/mol. The van der Waals surface area contributed by atoms with Crippen molar-refractivity contribution < 1.29 is 23.8 Å². The number of hydrogen-bond donors (Lipinski definition) is 1. The summed E-state index contributed by atoms with van der Waals surface area (Å²) in [6.45, 7) is 0.125. The third-order valence-corrected chi connectivity index (χ3v) is 3.19. The number of carboxylic acids is 1. The summed E-state index contributed by atoms with van der Waals surface area (Å²) in [5.41, 5.74) is 0.701. The van der Waals surface area contributed by atoms with E-state index in [4.69, 9.17) is 14.6 Å². The van der Waals surface area contributed by atoms with Gasteiger partial charge in [0.2, 0.25) is 0 Å². The van der Waals surface area contributed by atoms with E-state index in [0.717, 1.165) is 0 Å². The second kappa shape index (κ2) is 6.58. The Morgan fingerprint density at radius 2 is 2.05 bits per heavy atom. The van der Waals surface area contributed by atoms with Crippen LogP contribution in [0.3, 0.4) is 0 Å². The molecule has 0 aliphatic carbocycles. The van der Waals surface area contributed by atoms with Crippen molar-refractivity contribution in [1.29, 1.82) is 0 Å². The number of hydrogen-bond acceptors (Lipinski definition) is 3. The van der Waals surface area contributed by atoms with Gasteiger partial charge in [0.15, 0.2) is 0 Å². The van der Waals surface area contributed by atoms with Crippen molar-refractivity contribution in [3.63, 3.8) is 0 Å². The fourth-order valence-corrected chi connectivity index (χ4v) is 2.23. The number of ether oxygens (including phenoxy) is 2. The molecule has 4 nitrogen and oxygen atoms in total. The van der Waals surface area contributed by atoms with Gasteiger partial charge in [0, 0.05) is 10.5 Å². The van der Waals surface area contributed by atoms with Crippen LogP contribution in [0.15, 0.2) is 40.9 Å². The second-order valence-electron chi connectivity index (χ2n) is 4.23. The second-order valence-corrected chi connectivity index (χ2v) is 5.15. The number of benzene rings is 2. The molecule has 2 rings (SSSR count). The summed E-state index contributed by atoms with van der Waals surface area (Å²) in [6, 6.07) is 8.93. The molecular formula is C15H12BrFO4. The molecule has 0 aliphatic heterocycles. The predicted octanol–water partition coefficient (Wildman–Crippen LogP) is 3.87. The first kappa shape index (κ1) is 15.3. The molecule has 0 aliphatic rings. The van der Waals surface area contributed by atoms with Crippen molar-refractivity contribution in [1.82, 2.24) is 0 Å². The van der Waals surface area contributed by atoms with Crippen molar-refractivity contribution in [2.45, 2.75) is 6.61 Å². The number of halogens is 2. The quantitative estimate of drug-likeness (QED) is 0.885. The summed E-state index contributed by atoms with van der Waals surface area (Å²) in [7, 11) is 1.40. The van der Waals surface area contributed by atoms with E-state index >= 15 is 0 Å². The van der Waals surface area contributed by atoms with Crippen LogP contribution in [0.4, 0.5) is 4.39 Å². The van der Waals surface area contributed by atoms with Crippen molar-refractivity contribution in [3.05, 3.63) is 57.8 Å². The van der Waals surface area contributed by atoms with Crippen molar-refractivity contribution in [2.24, 2.45) is 0 Å². The van der Waals surface area contributed by atoms with Crippen LogP contribution in [-0.2, 0) is 6.61 Å². The summed E-state index contributed by atoms with van der Waals surface area (Å²) in [4.78, 5) is 11.1. The van der Waals surface area contributed by atoms with Crippen LogP contribution < -0.4 is 9.47 Å². The Morgan fingerprint density at radius 1 is 1.29 bits per heavy atom. The molecular weight excluding hydrogens is 343 g/mol. The van der Waals surface area contributed by atoms with Gasteiger partial charge in [-0.1, -0.05) is 22.0 Å². The van der Waals surface area contributed by atoms with Gasteiger partial charge in [-0.3, -0.25) is 0 Å². The van der Waals surface area contributed by atoms with E-state index in [2.05, 4.69) is 15.9 Å². The number of methoxy groups -OCH3 is 1. The Kier molecular flexibility index (Phi) is 4.80. The third kappa shape index (κ3) is 3.95. The first-order valence-corrected chi connectivity index (χ1v) is 6.78. The fraction of sp³-hybridized carbons (Fsp3) is 0.133. The average Bonchev–Trinajstić information content (AvgIpc) is 2.43. The van der Waals surface area contributed by atoms with Gasteiger partial charge in [-0.25, -0.2) is 9.18 Å². The number of aromatic carboxylic acids is 1. The molecule has 1 N–H and O–H groups in total. The Bertz CT molecular complexity index is 652. The number of carboxylic acid groups (broad SMARTS) is 1. The molecule has 21 heavy (non-hydrogen) atoms. The summed E-state index contributed by atoms with van der Waals surface area (Å²) in [5.74, 6) is -0.864. The minimum atomic E-state index is -1.08. The van der Waals surface area contributed by atoms with E-state index in [1.165, 1.54) is 25.3 Å². The van der Waals surface area contributed by atoms with Crippen LogP contribution in [-0.4, -0.2) is 18.2 Å². The molecule has 0 fully saturated rings. The van der Waals surface area contributed by atoms with Gasteiger partial charge in [0.1, 0.15) is 29.5 Å². The third-order valence-electron chi connectivity index (χ3n) is 2.74. The SMILES string of the molecule is COc1ccc(COc2cc(F)cc(Br)c2)cc1C(=O)O. The average molecular weight is 355 g/mol. The van der Waals surface area contributed by atoms with Gasteiger partial charge >= 0.3 is 5.97 Å². The van der Waals surface area contributed by atoms with Crippen LogP contribution in [0.5, 0.6) is 11.5 Å². The molecule has 2 aromatic rings. The van der Waals surface area contributed by atoms with Gasteiger partial charge in [-0.15, -0.1) is 0 Å². The van der Waals surface area contributed by atoms with Crippen molar-refractivity contribution in [2.75, 3.05) is 7.11 Å². The molecule has 0 radical (unpaired) electrons. The minimum Gasteiger partial charge on any atom is -0.496 e. The van der Waals surface area contributed by atoms with Crippen LogP contribution >= 0.6 is 15.9 Å². The largest absolute Gasteiger partial charge is 0.496 e. The zero-order valence-corrected chi connectivity index (χ0v) is 12.7. The number of rotatable bonds is 5. The zero-order valence-electron chi connectivity index (χ0n) is 11.1. The molecule has 0 heterocycles. The molecule has 6 heteroatoms. The minimum absolute atomic E-state index is 0.0547. The highest BCUT2D eigenvalue weighted by Gasteiger charge is 2.12. The maximum absolute atomic E-state index is 13.2. The normalized spacial score (nSPS) is 10.2. The first-order valence-electron chi connectivity index (χ1n) is 5.98. The standard InChI is InChI=1S/C15H12BrFO4/c1-20-14-3-2-9(4-13(14)15(18)19)8-21-12-6-10(16)5-11(17)7-12/h2-7H,8H2,1H3,(H,18,19). The Balaban J connectivity index is 2.16. The molecule has 0 aromatic heterocycles. The summed E-state index contributed by atoms with van der Waals surface area (Å²) in [5, 5.41) is 9.10. The first-order chi connectivity index (χ1) is 9.99. The lowest BCUT2D eigenvalue weighted by atomic mass is 10.1. The van der Waals surface area contributed by atoms with Crippen molar-refractivity contribution >= 4 is 21.9 Å². The molecule has 0 atom stereocenters. The molecule has 110 valence electrons. The van der Waals surface area contributed by atoms with Gasteiger partial charge < -0.3 is 14.6 Å². The Morgan fingerprint density at radius 3 is 2.67 bits per heavy atom. The smallest absolute Gasteiger partial charge is 0.339 e. The van der Waals surface area contributed by atoms with E-state index < -0.39 is 11.8 Å². The topological polar surface area (TPSA) is 55.8 Å². The van der Waals surface area contributed by atoms with Gasteiger partial charge in [-0.05, 0) is 29.8 Å². The summed E-state index contributed by atoms with van der Waals surface area (Å²) < 4.78 is 24.2. The summed E-state index contributed by atoms with van der Waals surface area (Å²) in [6.07, 6.45) is 0. The van der Waals surface area contributed by atoms with E-state index in [9.17, 15) is 9.18 Å². The molecule has 0 unspecified atom stereocenters. The monoisotopic (exact) mass is 354 g/mol. The lowest BCUT2D eigenvalue weighted by Gasteiger charge is -2.10. The highest BCUT2D eigenvalue weighted by atomic mass is 79.9. The molecule has 0 bridgehead atoms. The van der Waals surface area contributed by atoms with Crippen LogP contribution in [0, 0.1) is 5.82 Å². The molecule has 2 aromatic carbocycles. The Labute approximate surface area is 129 Å². The molecule has 0 spiro atoms. The van der Waals surface area contributed by atoms with Gasteiger partial charge in [-0.2, -0.15) is 0 Å². The van der Waals surface area contributed by atoms with Crippen molar-refractivity contribution in [3.8, 4) is 11.5 Å². The van der Waals surface area contributed by atoms with E-state index in [1.54, 1.807) is 18.2 Å². The molecule has 0 amide bonds. The maximum Gasteiger partial charge on any atom is 0.339 e. The van der Waals surface area contributed by atoms with Gasteiger partial charge in [0.25, 0.3) is 0 Å². The maximum atomic E-state index is 13.2. The molecule has 0 saturated heterocycles.